The molecular weight excluding hydrogens is 373 g/mol. The van der Waals surface area contributed by atoms with Gasteiger partial charge < -0.3 is 4.57 Å². The third-order valence-electron chi connectivity index (χ3n) is 4.60. The summed E-state index contributed by atoms with van der Waals surface area (Å²) in [5, 5.41) is 1.43. The lowest BCUT2D eigenvalue weighted by atomic mass is 10.1. The van der Waals surface area contributed by atoms with Crippen LogP contribution in [0.5, 0.6) is 0 Å². The van der Waals surface area contributed by atoms with Crippen molar-refractivity contribution in [2.45, 2.75) is 24.1 Å². The van der Waals surface area contributed by atoms with Gasteiger partial charge in [0, 0.05) is 17.4 Å². The summed E-state index contributed by atoms with van der Waals surface area (Å²) in [7, 11) is 0. The highest BCUT2D eigenvalue weighted by Crippen LogP contribution is 2.38. The lowest BCUT2D eigenvalue weighted by Crippen LogP contribution is -2.08. The number of carbonyl (C=O) groups is 1. The number of rotatable bonds is 5. The average molecular weight is 391 g/mol. The van der Waals surface area contributed by atoms with E-state index in [4.69, 9.17) is 0 Å². The van der Waals surface area contributed by atoms with Gasteiger partial charge in [0.1, 0.15) is 28.6 Å². The fourth-order valence-electron chi connectivity index (χ4n) is 3.01. The van der Waals surface area contributed by atoms with E-state index in [1.165, 1.54) is 30.2 Å². The molecule has 140 valence electrons. The van der Waals surface area contributed by atoms with Crippen LogP contribution in [0.2, 0.25) is 0 Å². The van der Waals surface area contributed by atoms with Crippen LogP contribution in [-0.2, 0) is 4.79 Å². The molecule has 2 heterocycles. The van der Waals surface area contributed by atoms with E-state index in [1.807, 2.05) is 48.0 Å². The maximum Gasteiger partial charge on any atom is 0.149 e. The fraction of sp³-hybridized carbons (Fsp3) is 0.136. The first-order valence-electron chi connectivity index (χ1n) is 8.89. The molecule has 4 rings (SSSR count). The number of Topliss-reactive ketones (excluding diaryl/α,β-unsaturated/α-hetero) is 1. The van der Waals surface area contributed by atoms with E-state index < -0.39 is 0 Å². The maximum atomic E-state index is 13.4. The standard InChI is InChI=1S/C22H18FN3OS/c1-14(27)15(2)28-22-20-19(16-6-4-3-5-7-16)12-26(21(20)24-13-25-22)18-10-8-17(23)9-11-18/h3-13,15H,1-2H3. The van der Waals surface area contributed by atoms with E-state index in [9.17, 15) is 9.18 Å². The Morgan fingerprint density at radius 3 is 2.46 bits per heavy atom. The minimum Gasteiger partial charge on any atom is -0.301 e. The summed E-state index contributed by atoms with van der Waals surface area (Å²) in [6.45, 7) is 3.46. The highest BCUT2D eigenvalue weighted by atomic mass is 32.2. The SMILES string of the molecule is CC(=O)C(C)Sc1ncnc2c1c(-c1ccccc1)cn2-c1ccc(F)cc1. The summed E-state index contributed by atoms with van der Waals surface area (Å²) in [5.41, 5.74) is 3.53. The highest BCUT2D eigenvalue weighted by Gasteiger charge is 2.20. The smallest absolute Gasteiger partial charge is 0.149 e. The Morgan fingerprint density at radius 1 is 1.07 bits per heavy atom. The quantitative estimate of drug-likeness (QED) is 0.342. The van der Waals surface area contributed by atoms with Crippen molar-refractivity contribution in [3.8, 4) is 16.8 Å². The van der Waals surface area contributed by atoms with E-state index in [-0.39, 0.29) is 16.9 Å². The molecule has 2 aromatic carbocycles. The molecule has 2 aromatic heterocycles. The van der Waals surface area contributed by atoms with Crippen LogP contribution in [0, 0.1) is 5.82 Å². The van der Waals surface area contributed by atoms with Crippen molar-refractivity contribution in [1.29, 1.82) is 0 Å². The Bertz CT molecular complexity index is 1140. The van der Waals surface area contributed by atoms with Gasteiger partial charge in [0.15, 0.2) is 0 Å². The Hall–Kier alpha value is -2.99. The number of hydrogen-bond donors (Lipinski definition) is 0. The first-order valence-corrected chi connectivity index (χ1v) is 9.77. The van der Waals surface area contributed by atoms with Gasteiger partial charge >= 0.3 is 0 Å². The van der Waals surface area contributed by atoms with E-state index >= 15 is 0 Å². The number of carbonyl (C=O) groups excluding carboxylic acids is 1. The van der Waals surface area contributed by atoms with Gasteiger partial charge in [-0.1, -0.05) is 42.1 Å². The molecule has 1 atom stereocenters. The largest absolute Gasteiger partial charge is 0.301 e. The van der Waals surface area contributed by atoms with Crippen LogP contribution in [0.4, 0.5) is 4.39 Å². The molecule has 6 heteroatoms. The van der Waals surface area contributed by atoms with Crippen molar-refractivity contribution in [3.05, 3.63) is 72.9 Å². The summed E-state index contributed by atoms with van der Waals surface area (Å²) >= 11 is 1.43. The molecule has 28 heavy (non-hydrogen) atoms. The van der Waals surface area contributed by atoms with Crippen LogP contribution < -0.4 is 0 Å². The van der Waals surface area contributed by atoms with E-state index in [0.29, 0.717) is 0 Å². The van der Waals surface area contributed by atoms with Gasteiger partial charge in [0.25, 0.3) is 0 Å². The van der Waals surface area contributed by atoms with Gasteiger partial charge in [-0.25, -0.2) is 14.4 Å². The molecule has 0 spiro atoms. The average Bonchev–Trinajstić information content (AvgIpc) is 3.10. The van der Waals surface area contributed by atoms with Crippen LogP contribution in [0.3, 0.4) is 0 Å². The predicted octanol–water partition coefficient (Wildman–Crippen LogP) is 5.30. The van der Waals surface area contributed by atoms with Crippen molar-refractivity contribution in [2.24, 2.45) is 0 Å². The molecule has 0 N–H and O–H groups in total. The van der Waals surface area contributed by atoms with Gasteiger partial charge in [-0.15, -0.1) is 0 Å². The first-order chi connectivity index (χ1) is 13.5. The molecule has 0 saturated carbocycles. The highest BCUT2D eigenvalue weighted by molar-refractivity contribution is 8.00. The predicted molar refractivity (Wildman–Crippen MR) is 110 cm³/mol. The number of halogens is 1. The molecule has 0 bridgehead atoms. The van der Waals surface area contributed by atoms with Crippen molar-refractivity contribution >= 4 is 28.6 Å². The van der Waals surface area contributed by atoms with Crippen molar-refractivity contribution in [1.82, 2.24) is 14.5 Å². The summed E-state index contributed by atoms with van der Waals surface area (Å²) < 4.78 is 15.3. The third-order valence-corrected chi connectivity index (χ3v) is 5.82. The normalized spacial score (nSPS) is 12.2. The van der Waals surface area contributed by atoms with Gasteiger partial charge in [0.05, 0.1) is 10.6 Å². The van der Waals surface area contributed by atoms with Crippen molar-refractivity contribution < 1.29 is 9.18 Å². The van der Waals surface area contributed by atoms with Crippen LogP contribution in [0.25, 0.3) is 27.8 Å². The molecule has 4 aromatic rings. The summed E-state index contributed by atoms with van der Waals surface area (Å²) in [6, 6.07) is 16.3. The minimum absolute atomic E-state index is 0.0935. The minimum atomic E-state index is -0.287. The van der Waals surface area contributed by atoms with Crippen LogP contribution in [0.15, 0.2) is 72.1 Å². The van der Waals surface area contributed by atoms with Gasteiger partial charge in [0.2, 0.25) is 0 Å². The molecule has 0 aliphatic heterocycles. The zero-order chi connectivity index (χ0) is 19.7. The summed E-state index contributed by atoms with van der Waals surface area (Å²) in [4.78, 5) is 20.8. The van der Waals surface area contributed by atoms with E-state index in [0.717, 1.165) is 32.9 Å². The van der Waals surface area contributed by atoms with E-state index in [2.05, 4.69) is 9.97 Å². The van der Waals surface area contributed by atoms with Crippen molar-refractivity contribution in [2.75, 3.05) is 0 Å². The number of benzene rings is 2. The number of hydrogen-bond acceptors (Lipinski definition) is 4. The zero-order valence-corrected chi connectivity index (χ0v) is 16.3. The lowest BCUT2D eigenvalue weighted by molar-refractivity contribution is -0.116. The summed E-state index contributed by atoms with van der Waals surface area (Å²) in [5.74, 6) is -0.194. The number of fused-ring (bicyclic) bond motifs is 1. The number of thioether (sulfide) groups is 1. The number of aromatic nitrogens is 3. The van der Waals surface area contributed by atoms with Gasteiger partial charge in [-0.05, 0) is 43.7 Å². The lowest BCUT2D eigenvalue weighted by Gasteiger charge is -2.09. The summed E-state index contributed by atoms with van der Waals surface area (Å²) in [6.07, 6.45) is 3.50. The number of ketones is 1. The molecule has 0 amide bonds. The van der Waals surface area contributed by atoms with Crippen LogP contribution in [0.1, 0.15) is 13.8 Å². The molecular formula is C22H18FN3OS. The second kappa shape index (κ2) is 7.56. The number of nitrogens with zero attached hydrogens (tertiary/aromatic N) is 3. The second-order valence-electron chi connectivity index (χ2n) is 6.50. The molecule has 1 unspecified atom stereocenters. The van der Waals surface area contributed by atoms with Gasteiger partial charge in [-0.3, -0.25) is 4.79 Å². The topological polar surface area (TPSA) is 47.8 Å². The molecule has 4 nitrogen and oxygen atoms in total. The molecule has 0 radical (unpaired) electrons. The Kier molecular flexibility index (Phi) is 4.96. The molecule has 0 saturated heterocycles. The Labute approximate surface area is 166 Å². The first kappa shape index (κ1) is 18.4. The molecule has 0 aliphatic rings. The Morgan fingerprint density at radius 2 is 1.79 bits per heavy atom. The van der Waals surface area contributed by atoms with E-state index in [1.54, 1.807) is 19.1 Å². The fourth-order valence-corrected chi connectivity index (χ4v) is 3.94. The monoisotopic (exact) mass is 391 g/mol. The van der Waals surface area contributed by atoms with Crippen LogP contribution in [-0.4, -0.2) is 25.6 Å². The zero-order valence-electron chi connectivity index (χ0n) is 15.5. The third kappa shape index (κ3) is 3.43. The maximum absolute atomic E-state index is 13.4. The van der Waals surface area contributed by atoms with Gasteiger partial charge in [-0.2, -0.15) is 0 Å². The second-order valence-corrected chi connectivity index (χ2v) is 7.83. The Balaban J connectivity index is 1.97. The van der Waals surface area contributed by atoms with Crippen LogP contribution >= 0.6 is 11.8 Å². The molecule has 0 fully saturated rings. The van der Waals surface area contributed by atoms with Crippen molar-refractivity contribution in [3.63, 3.8) is 0 Å². The molecule has 0 aliphatic carbocycles.